The lowest BCUT2D eigenvalue weighted by Gasteiger charge is -2.09. The molecule has 0 bridgehead atoms. The van der Waals surface area contributed by atoms with E-state index in [0.717, 1.165) is 11.1 Å². The molecule has 0 N–H and O–H groups in total. The molecular weight excluding hydrogens is 226 g/mol. The summed E-state index contributed by atoms with van der Waals surface area (Å²) >= 11 is 6.08. The Kier molecular flexibility index (Phi) is 3.15. The van der Waals surface area contributed by atoms with E-state index in [0.29, 0.717) is 23.0 Å². The fourth-order valence-corrected chi connectivity index (χ4v) is 1.77. The highest BCUT2D eigenvalue weighted by molar-refractivity contribution is 6.35. The average molecular weight is 238 g/mol. The second kappa shape index (κ2) is 4.58. The first-order chi connectivity index (χ1) is 7.76. The summed E-state index contributed by atoms with van der Waals surface area (Å²) in [5, 5.41) is 1.48. The number of nitrogens with zero attached hydrogens (tertiary/aromatic N) is 1. The van der Waals surface area contributed by atoms with E-state index in [-0.39, 0.29) is 0 Å². The summed E-state index contributed by atoms with van der Waals surface area (Å²) in [6.45, 7) is 2.47. The molecule has 1 aromatic heterocycles. The van der Waals surface area contributed by atoms with Gasteiger partial charge < -0.3 is 9.47 Å². The van der Waals surface area contributed by atoms with Gasteiger partial charge in [-0.15, -0.1) is 0 Å². The van der Waals surface area contributed by atoms with Crippen LogP contribution in [-0.2, 0) is 0 Å². The molecule has 0 amide bonds. The third kappa shape index (κ3) is 1.91. The number of aromatic nitrogens is 1. The number of ether oxygens (including phenoxy) is 2. The van der Waals surface area contributed by atoms with Crippen molar-refractivity contribution in [2.45, 2.75) is 6.92 Å². The highest BCUT2D eigenvalue weighted by Crippen LogP contribution is 2.32. The molecule has 84 valence electrons. The average Bonchev–Trinajstić information content (AvgIpc) is 2.30. The summed E-state index contributed by atoms with van der Waals surface area (Å²) in [4.78, 5) is 4.34. The standard InChI is InChI=1S/C12H12ClNO2/c1-3-16-11-7-10(15-2)8-5-4-6-9(13)12(8)14-11/h4-7H,3H2,1-2H3. The Labute approximate surface area is 99.0 Å². The molecule has 1 aromatic carbocycles. The molecule has 0 aliphatic heterocycles. The van der Waals surface area contributed by atoms with Gasteiger partial charge in [-0.1, -0.05) is 17.7 Å². The van der Waals surface area contributed by atoms with Crippen LogP contribution in [0.2, 0.25) is 5.02 Å². The van der Waals surface area contributed by atoms with Crippen LogP contribution in [0.15, 0.2) is 24.3 Å². The molecular formula is C12H12ClNO2. The van der Waals surface area contributed by atoms with E-state index in [1.54, 1.807) is 19.2 Å². The number of benzene rings is 1. The first-order valence-electron chi connectivity index (χ1n) is 5.02. The number of hydrogen-bond acceptors (Lipinski definition) is 3. The van der Waals surface area contributed by atoms with E-state index in [1.165, 1.54) is 0 Å². The zero-order valence-corrected chi connectivity index (χ0v) is 9.91. The highest BCUT2D eigenvalue weighted by atomic mass is 35.5. The van der Waals surface area contributed by atoms with Crippen LogP contribution >= 0.6 is 11.6 Å². The zero-order valence-electron chi connectivity index (χ0n) is 9.16. The molecule has 2 rings (SSSR count). The van der Waals surface area contributed by atoms with Crippen molar-refractivity contribution in [3.05, 3.63) is 29.3 Å². The van der Waals surface area contributed by atoms with Crippen LogP contribution in [0.5, 0.6) is 11.6 Å². The van der Waals surface area contributed by atoms with Gasteiger partial charge in [0, 0.05) is 11.5 Å². The molecule has 4 heteroatoms. The number of halogens is 1. The molecule has 0 aliphatic rings. The Morgan fingerprint density at radius 1 is 1.38 bits per heavy atom. The van der Waals surface area contributed by atoms with E-state index < -0.39 is 0 Å². The molecule has 0 spiro atoms. The Hall–Kier alpha value is -1.48. The number of pyridine rings is 1. The molecule has 0 saturated heterocycles. The minimum atomic E-state index is 0.528. The van der Waals surface area contributed by atoms with Crippen molar-refractivity contribution in [1.29, 1.82) is 0 Å². The van der Waals surface area contributed by atoms with Gasteiger partial charge in [-0.3, -0.25) is 0 Å². The molecule has 0 radical (unpaired) electrons. The monoisotopic (exact) mass is 237 g/mol. The van der Waals surface area contributed by atoms with Crippen LogP contribution in [0.3, 0.4) is 0 Å². The van der Waals surface area contributed by atoms with Crippen LogP contribution in [0.25, 0.3) is 10.9 Å². The van der Waals surface area contributed by atoms with Gasteiger partial charge in [0.1, 0.15) is 5.75 Å². The van der Waals surface area contributed by atoms with Crippen LogP contribution < -0.4 is 9.47 Å². The Bertz CT molecular complexity index is 514. The lowest BCUT2D eigenvalue weighted by atomic mass is 10.2. The number of rotatable bonds is 3. The summed E-state index contributed by atoms with van der Waals surface area (Å²) in [5.74, 6) is 1.25. The van der Waals surface area contributed by atoms with Gasteiger partial charge >= 0.3 is 0 Å². The van der Waals surface area contributed by atoms with E-state index in [1.807, 2.05) is 19.1 Å². The van der Waals surface area contributed by atoms with E-state index in [4.69, 9.17) is 21.1 Å². The van der Waals surface area contributed by atoms with Crippen molar-refractivity contribution in [2.24, 2.45) is 0 Å². The second-order valence-corrected chi connectivity index (χ2v) is 3.64. The number of methoxy groups -OCH3 is 1. The van der Waals surface area contributed by atoms with Crippen molar-refractivity contribution in [1.82, 2.24) is 4.98 Å². The van der Waals surface area contributed by atoms with Crippen LogP contribution in [-0.4, -0.2) is 18.7 Å². The van der Waals surface area contributed by atoms with Crippen LogP contribution in [0.1, 0.15) is 6.92 Å². The van der Waals surface area contributed by atoms with E-state index >= 15 is 0 Å². The maximum absolute atomic E-state index is 6.08. The first-order valence-corrected chi connectivity index (χ1v) is 5.40. The predicted molar refractivity (Wildman–Crippen MR) is 64.5 cm³/mol. The quantitative estimate of drug-likeness (QED) is 0.821. The van der Waals surface area contributed by atoms with Gasteiger partial charge in [0.2, 0.25) is 5.88 Å². The minimum Gasteiger partial charge on any atom is -0.496 e. The molecule has 2 aromatic rings. The van der Waals surface area contributed by atoms with Crippen molar-refractivity contribution in [2.75, 3.05) is 13.7 Å². The van der Waals surface area contributed by atoms with Gasteiger partial charge in [0.25, 0.3) is 0 Å². The molecule has 0 fully saturated rings. The van der Waals surface area contributed by atoms with E-state index in [9.17, 15) is 0 Å². The third-order valence-corrected chi connectivity index (χ3v) is 2.55. The van der Waals surface area contributed by atoms with E-state index in [2.05, 4.69) is 4.98 Å². The Morgan fingerprint density at radius 3 is 2.88 bits per heavy atom. The largest absolute Gasteiger partial charge is 0.496 e. The Balaban J connectivity index is 2.69. The number of hydrogen-bond donors (Lipinski definition) is 0. The van der Waals surface area contributed by atoms with Crippen LogP contribution in [0, 0.1) is 0 Å². The normalized spacial score (nSPS) is 10.4. The summed E-state index contributed by atoms with van der Waals surface area (Å²) in [7, 11) is 1.62. The molecule has 0 aliphatic carbocycles. The fraction of sp³-hybridized carbons (Fsp3) is 0.250. The first kappa shape index (κ1) is 11.0. The predicted octanol–water partition coefficient (Wildman–Crippen LogP) is 3.30. The van der Waals surface area contributed by atoms with Gasteiger partial charge in [0.15, 0.2) is 0 Å². The van der Waals surface area contributed by atoms with Gasteiger partial charge in [-0.25, -0.2) is 4.98 Å². The maximum Gasteiger partial charge on any atom is 0.217 e. The fourth-order valence-electron chi connectivity index (χ4n) is 1.55. The lowest BCUT2D eigenvalue weighted by Crippen LogP contribution is -1.96. The molecule has 1 heterocycles. The van der Waals surface area contributed by atoms with Gasteiger partial charge in [-0.2, -0.15) is 0 Å². The van der Waals surface area contributed by atoms with Crippen molar-refractivity contribution in [3.63, 3.8) is 0 Å². The maximum atomic E-state index is 6.08. The summed E-state index contributed by atoms with van der Waals surface area (Å²) in [6, 6.07) is 7.35. The SMILES string of the molecule is CCOc1cc(OC)c2cccc(Cl)c2n1. The lowest BCUT2D eigenvalue weighted by molar-refractivity contribution is 0.324. The topological polar surface area (TPSA) is 31.4 Å². The summed E-state index contributed by atoms with van der Waals surface area (Å²) < 4.78 is 10.7. The summed E-state index contributed by atoms with van der Waals surface area (Å²) in [6.07, 6.45) is 0. The van der Waals surface area contributed by atoms with Crippen molar-refractivity contribution in [3.8, 4) is 11.6 Å². The zero-order chi connectivity index (χ0) is 11.5. The minimum absolute atomic E-state index is 0.528. The van der Waals surface area contributed by atoms with Crippen molar-refractivity contribution >= 4 is 22.5 Å². The van der Waals surface area contributed by atoms with Crippen molar-refractivity contribution < 1.29 is 9.47 Å². The number of para-hydroxylation sites is 1. The molecule has 0 atom stereocenters. The number of fused-ring (bicyclic) bond motifs is 1. The molecule has 0 unspecified atom stereocenters. The second-order valence-electron chi connectivity index (χ2n) is 3.23. The molecule has 3 nitrogen and oxygen atoms in total. The Morgan fingerprint density at radius 2 is 2.19 bits per heavy atom. The summed E-state index contributed by atoms with van der Waals surface area (Å²) in [5.41, 5.74) is 0.701. The molecule has 0 saturated carbocycles. The highest BCUT2D eigenvalue weighted by Gasteiger charge is 2.09. The van der Waals surface area contributed by atoms with Gasteiger partial charge in [-0.05, 0) is 19.1 Å². The van der Waals surface area contributed by atoms with Gasteiger partial charge in [0.05, 0.1) is 24.3 Å². The molecule has 16 heavy (non-hydrogen) atoms. The van der Waals surface area contributed by atoms with Crippen LogP contribution in [0.4, 0.5) is 0 Å². The third-order valence-electron chi connectivity index (χ3n) is 2.24. The smallest absolute Gasteiger partial charge is 0.217 e.